The number of carbonyl (C=O) groups excluding carboxylic acids is 1. The van der Waals surface area contributed by atoms with Gasteiger partial charge in [0.2, 0.25) is 5.91 Å². The van der Waals surface area contributed by atoms with Crippen LogP contribution in [0.4, 0.5) is 17.2 Å². The van der Waals surface area contributed by atoms with Crippen LogP contribution in [0.5, 0.6) is 5.75 Å². The number of nitrogens with one attached hydrogen (secondary N) is 1. The number of aryl methyl sites for hydroxylation is 1. The van der Waals surface area contributed by atoms with E-state index in [0.29, 0.717) is 5.69 Å². The lowest BCUT2D eigenvalue weighted by Crippen LogP contribution is -2.25. The topological polar surface area (TPSA) is 153 Å². The number of phenolic OH excluding ortho intramolecular Hbond substituents is 1. The van der Waals surface area contributed by atoms with E-state index >= 15 is 0 Å². The van der Waals surface area contributed by atoms with Gasteiger partial charge in [-0.05, 0) is 17.9 Å². The molecule has 0 radical (unpaired) electrons. The molecule has 1 atom stereocenters. The zero-order chi connectivity index (χ0) is 18.7. The zero-order valence-electron chi connectivity index (χ0n) is 13.4. The van der Waals surface area contributed by atoms with Gasteiger partial charge < -0.3 is 20.5 Å². The highest BCUT2D eigenvalue weighted by molar-refractivity contribution is 5.93. The van der Waals surface area contributed by atoms with Crippen LogP contribution in [0, 0.1) is 33.1 Å². The van der Waals surface area contributed by atoms with E-state index in [1.807, 2.05) is 0 Å². The van der Waals surface area contributed by atoms with Crippen molar-refractivity contribution in [2.45, 2.75) is 20.4 Å². The summed E-state index contributed by atoms with van der Waals surface area (Å²) in [6.07, 6.45) is 0. The summed E-state index contributed by atoms with van der Waals surface area (Å²) in [7, 11) is 0. The fraction of sp³-hybridized carbons (Fsp3) is 0.286. The molecule has 2 rings (SSSR count). The van der Waals surface area contributed by atoms with Gasteiger partial charge >= 0.3 is 5.82 Å². The molecular weight excluding hydrogens is 334 g/mol. The summed E-state index contributed by atoms with van der Waals surface area (Å²) in [4.78, 5) is 32.3. The van der Waals surface area contributed by atoms with Gasteiger partial charge in [-0.1, -0.05) is 6.92 Å². The third-order valence-corrected chi connectivity index (χ3v) is 3.50. The zero-order valence-corrected chi connectivity index (χ0v) is 13.4. The van der Waals surface area contributed by atoms with Crippen molar-refractivity contribution in [2.24, 2.45) is 5.92 Å². The molecule has 0 aliphatic carbocycles. The van der Waals surface area contributed by atoms with Crippen LogP contribution in [0.1, 0.15) is 12.6 Å². The Bertz CT molecular complexity index is 846. The van der Waals surface area contributed by atoms with Gasteiger partial charge in [0, 0.05) is 6.07 Å². The molecule has 11 nitrogen and oxygen atoms in total. The van der Waals surface area contributed by atoms with E-state index in [2.05, 4.69) is 10.4 Å². The smallest absolute Gasteiger partial charge is 0.390 e. The Morgan fingerprint density at radius 1 is 1.32 bits per heavy atom. The average molecular weight is 349 g/mol. The molecule has 1 amide bonds. The summed E-state index contributed by atoms with van der Waals surface area (Å²) in [5.41, 5.74) is 0.262. The minimum atomic E-state index is -0.665. The van der Waals surface area contributed by atoms with Crippen molar-refractivity contribution in [1.82, 2.24) is 9.78 Å². The van der Waals surface area contributed by atoms with Gasteiger partial charge in [-0.25, -0.2) is 0 Å². The number of rotatable bonds is 6. The molecule has 0 aliphatic heterocycles. The number of aromatic nitrogens is 2. The molecule has 132 valence electrons. The van der Waals surface area contributed by atoms with E-state index in [1.165, 1.54) is 16.8 Å². The third kappa shape index (κ3) is 4.07. The van der Waals surface area contributed by atoms with Crippen LogP contribution < -0.4 is 5.32 Å². The number of phenols is 1. The number of hydrogen-bond donors (Lipinski definition) is 2. The van der Waals surface area contributed by atoms with Gasteiger partial charge in [0.1, 0.15) is 5.75 Å². The van der Waals surface area contributed by atoms with Gasteiger partial charge in [0.25, 0.3) is 5.69 Å². The summed E-state index contributed by atoms with van der Waals surface area (Å²) in [5, 5.41) is 37.4. The third-order valence-electron chi connectivity index (χ3n) is 3.50. The highest BCUT2D eigenvalue weighted by Crippen LogP contribution is 2.28. The molecule has 1 unspecified atom stereocenters. The molecule has 2 aromatic rings. The molecule has 0 aliphatic rings. The Morgan fingerprint density at radius 2 is 2.00 bits per heavy atom. The van der Waals surface area contributed by atoms with Gasteiger partial charge in [-0.2, -0.15) is 4.68 Å². The van der Waals surface area contributed by atoms with Gasteiger partial charge in [0.15, 0.2) is 0 Å². The van der Waals surface area contributed by atoms with Gasteiger partial charge in [-0.15, -0.1) is 0 Å². The predicted molar refractivity (Wildman–Crippen MR) is 86.2 cm³/mol. The van der Waals surface area contributed by atoms with Gasteiger partial charge in [0.05, 0.1) is 46.0 Å². The quantitative estimate of drug-likeness (QED) is 0.459. The number of benzene rings is 1. The summed E-state index contributed by atoms with van der Waals surface area (Å²) < 4.78 is 1.35. The van der Waals surface area contributed by atoms with E-state index in [1.54, 1.807) is 13.8 Å². The van der Waals surface area contributed by atoms with Gasteiger partial charge in [-0.3, -0.25) is 14.9 Å². The number of amides is 1. The Kier molecular flexibility index (Phi) is 4.96. The number of hydrogen-bond acceptors (Lipinski definition) is 7. The van der Waals surface area contributed by atoms with E-state index in [4.69, 9.17) is 0 Å². The Balaban J connectivity index is 2.08. The molecule has 0 bridgehead atoms. The maximum absolute atomic E-state index is 12.2. The first kappa shape index (κ1) is 17.8. The monoisotopic (exact) mass is 349 g/mol. The lowest BCUT2D eigenvalue weighted by Gasteiger charge is -2.12. The van der Waals surface area contributed by atoms with Crippen molar-refractivity contribution in [1.29, 1.82) is 0 Å². The molecular formula is C14H15N5O6. The van der Waals surface area contributed by atoms with Crippen molar-refractivity contribution in [3.63, 3.8) is 0 Å². The van der Waals surface area contributed by atoms with Crippen LogP contribution in [-0.2, 0) is 11.3 Å². The minimum Gasteiger partial charge on any atom is -0.506 e. The summed E-state index contributed by atoms with van der Waals surface area (Å²) >= 11 is 0. The molecule has 1 aromatic carbocycles. The van der Waals surface area contributed by atoms with Crippen molar-refractivity contribution in [2.75, 3.05) is 5.32 Å². The van der Waals surface area contributed by atoms with E-state index in [0.717, 1.165) is 12.1 Å². The lowest BCUT2D eigenvalue weighted by atomic mass is 10.1. The normalized spacial score (nSPS) is 11.8. The summed E-state index contributed by atoms with van der Waals surface area (Å²) in [5.74, 6) is -1.83. The van der Waals surface area contributed by atoms with Crippen molar-refractivity contribution >= 4 is 23.1 Å². The standard InChI is InChI=1S/C14H15N5O6/c1-8(7-17-9(2)5-13(16-17)19(24)25)14(21)15-11-4-3-10(18(22)23)6-12(11)20/h3-6,8,20H,7H2,1-2H3,(H,15,21). The number of nitrogens with zero attached hydrogens (tertiary/aromatic N) is 4. The lowest BCUT2D eigenvalue weighted by molar-refractivity contribution is -0.389. The maximum Gasteiger partial charge on any atom is 0.390 e. The molecule has 0 fully saturated rings. The number of aromatic hydroxyl groups is 1. The number of carbonyl (C=O) groups is 1. The van der Waals surface area contributed by atoms with E-state index < -0.39 is 27.4 Å². The van der Waals surface area contributed by atoms with Crippen molar-refractivity contribution in [3.8, 4) is 5.75 Å². The second-order valence-electron chi connectivity index (χ2n) is 5.43. The fourth-order valence-corrected chi connectivity index (χ4v) is 2.10. The van der Waals surface area contributed by atoms with Crippen molar-refractivity contribution < 1.29 is 19.7 Å². The summed E-state index contributed by atoms with van der Waals surface area (Å²) in [6, 6.07) is 4.61. The van der Waals surface area contributed by atoms with Crippen LogP contribution >= 0.6 is 0 Å². The predicted octanol–water partition coefficient (Wildman–Crippen LogP) is 1.99. The fourth-order valence-electron chi connectivity index (χ4n) is 2.10. The molecule has 2 N–H and O–H groups in total. The number of anilines is 1. The first-order valence-corrected chi connectivity index (χ1v) is 7.16. The first-order valence-electron chi connectivity index (χ1n) is 7.16. The Labute approximate surface area is 141 Å². The van der Waals surface area contributed by atoms with Crippen LogP contribution in [0.15, 0.2) is 24.3 Å². The molecule has 1 aromatic heterocycles. The maximum atomic E-state index is 12.2. The minimum absolute atomic E-state index is 0.0330. The van der Waals surface area contributed by atoms with E-state index in [-0.39, 0.29) is 23.7 Å². The SMILES string of the molecule is Cc1cc([N+](=O)[O-])nn1CC(C)C(=O)Nc1ccc([N+](=O)[O-])cc1O. The van der Waals surface area contributed by atoms with Crippen LogP contribution in [0.2, 0.25) is 0 Å². The Morgan fingerprint density at radius 3 is 2.52 bits per heavy atom. The number of nitro benzene ring substituents is 1. The summed E-state index contributed by atoms with van der Waals surface area (Å²) in [6.45, 7) is 3.32. The van der Waals surface area contributed by atoms with E-state index in [9.17, 15) is 30.1 Å². The van der Waals surface area contributed by atoms with Crippen LogP contribution in [-0.4, -0.2) is 30.6 Å². The highest BCUT2D eigenvalue weighted by atomic mass is 16.6. The highest BCUT2D eigenvalue weighted by Gasteiger charge is 2.21. The van der Waals surface area contributed by atoms with Crippen LogP contribution in [0.25, 0.3) is 0 Å². The average Bonchev–Trinajstić information content (AvgIpc) is 2.90. The second kappa shape index (κ2) is 6.95. The molecule has 0 saturated heterocycles. The molecule has 0 saturated carbocycles. The number of non-ortho nitro benzene ring substituents is 1. The Hall–Kier alpha value is -3.50. The molecule has 0 spiro atoms. The largest absolute Gasteiger partial charge is 0.506 e. The van der Waals surface area contributed by atoms with Crippen molar-refractivity contribution in [3.05, 3.63) is 50.2 Å². The molecule has 1 heterocycles. The first-order chi connectivity index (χ1) is 11.7. The van der Waals surface area contributed by atoms with Crippen LogP contribution in [0.3, 0.4) is 0 Å². The number of nitro groups is 2. The second-order valence-corrected chi connectivity index (χ2v) is 5.43. The molecule has 25 heavy (non-hydrogen) atoms. The molecule has 11 heteroatoms.